The van der Waals surface area contributed by atoms with Gasteiger partial charge >= 0.3 is 0 Å². The molecule has 2 N–H and O–H groups in total. The summed E-state index contributed by atoms with van der Waals surface area (Å²) in [6, 6.07) is 22.0. The maximum atomic E-state index is 13.0. The van der Waals surface area contributed by atoms with Gasteiger partial charge in [0.05, 0.1) is 42.2 Å². The molecule has 40 heavy (non-hydrogen) atoms. The van der Waals surface area contributed by atoms with Gasteiger partial charge in [-0.2, -0.15) is 0 Å². The highest BCUT2D eigenvalue weighted by Gasteiger charge is 2.41. The van der Waals surface area contributed by atoms with Gasteiger partial charge in [0.1, 0.15) is 0 Å². The summed E-state index contributed by atoms with van der Waals surface area (Å²) < 4.78 is 13.1. The molecule has 0 radical (unpaired) electrons. The zero-order chi connectivity index (χ0) is 27.8. The van der Waals surface area contributed by atoms with Crippen molar-refractivity contribution in [3.8, 4) is 0 Å². The minimum Gasteiger partial charge on any atom is -0.395 e. The first-order valence-corrected chi connectivity index (χ1v) is 13.9. The monoisotopic (exact) mass is 542 g/mol. The summed E-state index contributed by atoms with van der Waals surface area (Å²) in [5, 5.41) is 19.4. The number of carbonyl (C=O) groups excluding carboxylic acids is 2. The Kier molecular flexibility index (Phi) is 7.53. The second kappa shape index (κ2) is 11.2. The van der Waals surface area contributed by atoms with Gasteiger partial charge in [0, 0.05) is 24.1 Å². The zero-order valence-corrected chi connectivity index (χ0v) is 22.5. The van der Waals surface area contributed by atoms with Crippen molar-refractivity contribution in [1.29, 1.82) is 0 Å². The minimum atomic E-state index is -0.657. The van der Waals surface area contributed by atoms with Crippen LogP contribution in [0.2, 0.25) is 0 Å². The van der Waals surface area contributed by atoms with Crippen molar-refractivity contribution in [1.82, 2.24) is 4.90 Å². The summed E-state index contributed by atoms with van der Waals surface area (Å²) in [5.74, 6) is -0.625. The third-order valence-electron chi connectivity index (χ3n) is 8.47. The number of carbonyl (C=O) groups is 2. The Bertz CT molecular complexity index is 1340. The number of anilines is 1. The van der Waals surface area contributed by atoms with Gasteiger partial charge in [-0.1, -0.05) is 55.5 Å². The highest BCUT2D eigenvalue weighted by atomic mass is 16.7. The first-order chi connectivity index (χ1) is 19.5. The van der Waals surface area contributed by atoms with Crippen molar-refractivity contribution in [3.05, 3.63) is 101 Å². The topological polar surface area (TPSA) is 99.5 Å². The van der Waals surface area contributed by atoms with Crippen LogP contribution in [0.1, 0.15) is 69.6 Å². The van der Waals surface area contributed by atoms with Crippen LogP contribution in [0.5, 0.6) is 0 Å². The van der Waals surface area contributed by atoms with Crippen LogP contribution in [0.3, 0.4) is 0 Å². The van der Waals surface area contributed by atoms with Crippen molar-refractivity contribution < 1.29 is 29.3 Å². The lowest BCUT2D eigenvalue weighted by Gasteiger charge is -2.43. The van der Waals surface area contributed by atoms with E-state index in [0.717, 1.165) is 36.1 Å². The molecule has 0 aliphatic carbocycles. The maximum Gasteiger partial charge on any atom is 0.266 e. The molecule has 0 aromatic heterocycles. The number of aliphatic hydroxyl groups excluding tert-OH is 2. The van der Waals surface area contributed by atoms with Gasteiger partial charge in [-0.3, -0.25) is 14.5 Å². The fraction of sp³-hybridized carbons (Fsp3) is 0.375. The summed E-state index contributed by atoms with van der Waals surface area (Å²) in [6.07, 6.45) is 0.975. The molecule has 0 spiro atoms. The third-order valence-corrected chi connectivity index (χ3v) is 8.47. The van der Waals surface area contributed by atoms with Crippen molar-refractivity contribution in [2.75, 3.05) is 24.6 Å². The Balaban J connectivity index is 1.26. The van der Waals surface area contributed by atoms with Gasteiger partial charge in [0.2, 0.25) is 0 Å². The number of nitrogens with zero attached hydrogens (tertiary/aromatic N) is 2. The van der Waals surface area contributed by atoms with E-state index < -0.39 is 6.29 Å². The van der Waals surface area contributed by atoms with Gasteiger partial charge < -0.3 is 19.7 Å². The number of hydrogen-bond donors (Lipinski definition) is 2. The van der Waals surface area contributed by atoms with Crippen LogP contribution >= 0.6 is 0 Å². The van der Waals surface area contributed by atoms with E-state index in [2.05, 4.69) is 11.8 Å². The number of imide groups is 1. The number of rotatable bonds is 7. The molecule has 5 atom stereocenters. The zero-order valence-electron chi connectivity index (χ0n) is 22.5. The summed E-state index contributed by atoms with van der Waals surface area (Å²) in [7, 11) is 0. The Morgan fingerprint density at radius 3 is 2.12 bits per heavy atom. The van der Waals surface area contributed by atoms with E-state index in [1.54, 1.807) is 36.4 Å². The van der Waals surface area contributed by atoms with Crippen LogP contribution in [0.15, 0.2) is 72.8 Å². The smallest absolute Gasteiger partial charge is 0.266 e. The second-order valence-electron chi connectivity index (χ2n) is 10.9. The lowest BCUT2D eigenvalue weighted by Crippen LogP contribution is -2.46. The largest absolute Gasteiger partial charge is 0.395 e. The van der Waals surface area contributed by atoms with E-state index in [1.807, 2.05) is 36.4 Å². The normalized spacial score (nSPS) is 26.9. The molecule has 0 bridgehead atoms. The van der Waals surface area contributed by atoms with E-state index in [9.17, 15) is 19.8 Å². The van der Waals surface area contributed by atoms with E-state index >= 15 is 0 Å². The van der Waals surface area contributed by atoms with Crippen molar-refractivity contribution in [2.45, 2.75) is 50.9 Å². The van der Waals surface area contributed by atoms with Gasteiger partial charge in [0.15, 0.2) is 6.29 Å². The van der Waals surface area contributed by atoms with Crippen molar-refractivity contribution in [2.24, 2.45) is 5.92 Å². The predicted octanol–water partition coefficient (Wildman–Crippen LogP) is 4.23. The minimum absolute atomic E-state index is 0.0212. The molecule has 3 heterocycles. The van der Waals surface area contributed by atoms with Crippen LogP contribution < -0.4 is 4.90 Å². The van der Waals surface area contributed by atoms with E-state index in [0.29, 0.717) is 23.4 Å². The summed E-state index contributed by atoms with van der Waals surface area (Å²) in [4.78, 5) is 29.4. The third kappa shape index (κ3) is 4.87. The molecule has 3 aliphatic heterocycles. The Hall–Kier alpha value is -3.40. The highest BCUT2D eigenvalue weighted by molar-refractivity contribution is 6.34. The van der Waals surface area contributed by atoms with Crippen molar-refractivity contribution in [3.63, 3.8) is 0 Å². The molecule has 3 aromatic rings. The first-order valence-electron chi connectivity index (χ1n) is 13.9. The maximum absolute atomic E-state index is 13.0. The number of hydrogen-bond acceptors (Lipinski definition) is 7. The molecule has 3 aliphatic rings. The number of amides is 2. The Morgan fingerprint density at radius 2 is 1.50 bits per heavy atom. The number of likely N-dealkylation sites (tertiary alicyclic amines) is 1. The fourth-order valence-corrected chi connectivity index (χ4v) is 6.11. The molecule has 0 saturated carbocycles. The number of aliphatic hydroxyl groups is 2. The number of benzene rings is 3. The molecule has 2 saturated heterocycles. The fourth-order valence-electron chi connectivity index (χ4n) is 6.11. The summed E-state index contributed by atoms with van der Waals surface area (Å²) in [6.45, 7) is 3.85. The lowest BCUT2D eigenvalue weighted by molar-refractivity contribution is -0.276. The number of fused-ring (bicyclic) bond motifs is 1. The molecule has 8 nitrogen and oxygen atoms in total. The van der Waals surface area contributed by atoms with Gasteiger partial charge in [-0.05, 0) is 54.8 Å². The standard InChI is InChI=1S/C32H34N2O6/c1-20-28(17-33-16-4-5-25(33)19-36)39-32(40-29(20)22-10-8-21(18-35)9-11-22)23-12-14-24(15-13-23)34-30(37)26-6-2-3-7-27(26)31(34)38/h2-3,6-15,20,25,28-29,32,35-36H,4-5,16-19H2,1H3/t20-,25+,28+,29+,32+/m1/s1. The summed E-state index contributed by atoms with van der Waals surface area (Å²) >= 11 is 0. The number of ether oxygens (including phenoxy) is 2. The van der Waals surface area contributed by atoms with Gasteiger partial charge in [-0.15, -0.1) is 0 Å². The van der Waals surface area contributed by atoms with Crippen LogP contribution in [0.4, 0.5) is 5.69 Å². The molecule has 208 valence electrons. The second-order valence-corrected chi connectivity index (χ2v) is 10.9. The van der Waals surface area contributed by atoms with E-state index in [1.165, 1.54) is 4.90 Å². The first kappa shape index (κ1) is 26.8. The molecular formula is C32H34N2O6. The van der Waals surface area contributed by atoms with Crippen LogP contribution in [0.25, 0.3) is 0 Å². The molecular weight excluding hydrogens is 508 g/mol. The van der Waals surface area contributed by atoms with Crippen LogP contribution in [-0.2, 0) is 16.1 Å². The van der Waals surface area contributed by atoms with Crippen molar-refractivity contribution >= 4 is 17.5 Å². The average molecular weight is 543 g/mol. The molecule has 2 amide bonds. The Labute approximate surface area is 233 Å². The van der Waals surface area contributed by atoms with E-state index in [-0.39, 0.29) is 49.2 Å². The Morgan fingerprint density at radius 1 is 0.850 bits per heavy atom. The molecule has 8 heteroatoms. The summed E-state index contributed by atoms with van der Waals surface area (Å²) in [5.41, 5.74) is 3.94. The average Bonchev–Trinajstić information content (AvgIpc) is 3.55. The highest BCUT2D eigenvalue weighted by Crippen LogP contribution is 2.42. The molecule has 2 fully saturated rings. The van der Waals surface area contributed by atoms with Crippen LogP contribution in [-0.4, -0.2) is 58.8 Å². The lowest BCUT2D eigenvalue weighted by atomic mass is 9.90. The van der Waals surface area contributed by atoms with Gasteiger partial charge in [0.25, 0.3) is 11.8 Å². The molecule has 3 aromatic carbocycles. The predicted molar refractivity (Wildman–Crippen MR) is 149 cm³/mol. The van der Waals surface area contributed by atoms with Gasteiger partial charge in [-0.25, -0.2) is 4.90 Å². The quantitative estimate of drug-likeness (QED) is 0.431. The molecule has 0 unspecified atom stereocenters. The van der Waals surface area contributed by atoms with E-state index in [4.69, 9.17) is 9.47 Å². The van der Waals surface area contributed by atoms with Crippen LogP contribution in [0, 0.1) is 5.92 Å². The molecule has 6 rings (SSSR count). The SMILES string of the molecule is C[C@@H]1[C@H](CN2CCC[C@H]2CO)O[C@H](c2ccc(N3C(=O)c4ccccc4C3=O)cc2)O[C@@H]1c1ccc(CO)cc1.